The fraction of sp³-hybridized carbons (Fsp3) is 0.480. The number of fused-ring (bicyclic) bond motifs is 3. The van der Waals surface area contributed by atoms with Crippen LogP contribution in [0.2, 0.25) is 0 Å². The summed E-state index contributed by atoms with van der Waals surface area (Å²) >= 11 is 0. The lowest BCUT2D eigenvalue weighted by molar-refractivity contribution is -0.121. The van der Waals surface area contributed by atoms with E-state index in [0.29, 0.717) is 12.5 Å². The lowest BCUT2D eigenvalue weighted by atomic mass is 9.59. The Morgan fingerprint density at radius 1 is 1.33 bits per heavy atom. The molecule has 0 aliphatic heterocycles. The summed E-state index contributed by atoms with van der Waals surface area (Å²) in [4.78, 5) is 21.2. The summed E-state index contributed by atoms with van der Waals surface area (Å²) in [5, 5.41) is 9.74. The van der Waals surface area contributed by atoms with Crippen LogP contribution >= 0.6 is 0 Å². The van der Waals surface area contributed by atoms with Gasteiger partial charge in [-0.3, -0.25) is 0 Å². The van der Waals surface area contributed by atoms with Crippen molar-refractivity contribution in [1.29, 1.82) is 0 Å². The van der Waals surface area contributed by atoms with Gasteiger partial charge in [0, 0.05) is 29.1 Å². The average Bonchev–Trinajstić information content (AvgIpc) is 3.11. The van der Waals surface area contributed by atoms with Crippen molar-refractivity contribution < 1.29 is 9.90 Å². The molecule has 0 spiro atoms. The molecule has 3 atom stereocenters. The van der Waals surface area contributed by atoms with Crippen molar-refractivity contribution in [2.75, 3.05) is 6.61 Å². The van der Waals surface area contributed by atoms with Gasteiger partial charge in [0.2, 0.25) is 5.70 Å². The molecule has 0 unspecified atom stereocenters. The molecule has 2 aromatic rings. The number of hydrogen-bond donors (Lipinski definition) is 1. The molecule has 0 saturated heterocycles. The Balaban J connectivity index is 1.89. The van der Waals surface area contributed by atoms with Crippen LogP contribution in [0.3, 0.4) is 0 Å². The van der Waals surface area contributed by atoms with Gasteiger partial charge in [-0.2, -0.15) is 0 Å². The van der Waals surface area contributed by atoms with Crippen molar-refractivity contribution in [2.24, 2.45) is 11.8 Å². The summed E-state index contributed by atoms with van der Waals surface area (Å²) in [6, 6.07) is 8.48. The Bertz CT molecular complexity index is 1060. The summed E-state index contributed by atoms with van der Waals surface area (Å²) in [6.45, 7) is 16.4. The highest BCUT2D eigenvalue weighted by molar-refractivity contribution is 6.00. The van der Waals surface area contributed by atoms with E-state index in [0.717, 1.165) is 35.6 Å². The first-order valence-corrected chi connectivity index (χ1v) is 10.8. The zero-order chi connectivity index (χ0) is 21.6. The van der Waals surface area contributed by atoms with Gasteiger partial charge in [-0.05, 0) is 30.2 Å². The van der Waals surface area contributed by atoms with Crippen molar-refractivity contribution in [1.82, 2.24) is 9.55 Å². The van der Waals surface area contributed by atoms with Crippen LogP contribution in [0.15, 0.2) is 36.0 Å². The molecule has 5 nitrogen and oxygen atoms in total. The zero-order valence-corrected chi connectivity index (χ0v) is 18.1. The maximum atomic E-state index is 12.6. The van der Waals surface area contributed by atoms with Crippen LogP contribution in [0, 0.1) is 18.4 Å². The Kier molecular flexibility index (Phi) is 5.15. The number of rotatable bonds is 4. The number of benzene rings is 1. The smallest absolute Gasteiger partial charge is 0.226 e. The lowest BCUT2D eigenvalue weighted by Crippen LogP contribution is -2.45. The summed E-state index contributed by atoms with van der Waals surface area (Å²) in [5.74, 6) is 1.22. The van der Waals surface area contributed by atoms with E-state index in [2.05, 4.69) is 54.4 Å². The van der Waals surface area contributed by atoms with Gasteiger partial charge in [-0.25, -0.2) is 9.83 Å². The number of allylic oxidation sites excluding steroid dienone is 2. The first kappa shape index (κ1) is 20.6. The molecule has 0 saturated carbocycles. The minimum absolute atomic E-state index is 0.0397. The number of aromatic nitrogens is 2. The van der Waals surface area contributed by atoms with Crippen LogP contribution < -0.4 is 0 Å². The topological polar surface area (TPSA) is 59.5 Å². The van der Waals surface area contributed by atoms with Gasteiger partial charge in [0.1, 0.15) is 5.82 Å². The van der Waals surface area contributed by atoms with Crippen LogP contribution in [0.1, 0.15) is 57.0 Å². The molecular formula is C25H29N3O2. The van der Waals surface area contributed by atoms with Gasteiger partial charge in [0.15, 0.2) is 5.78 Å². The fourth-order valence-electron chi connectivity index (χ4n) is 5.32. The van der Waals surface area contributed by atoms with Crippen LogP contribution in [0.4, 0.5) is 0 Å². The quantitative estimate of drug-likeness (QED) is 0.764. The largest absolute Gasteiger partial charge is 0.395 e. The van der Waals surface area contributed by atoms with E-state index in [9.17, 15) is 9.90 Å². The van der Waals surface area contributed by atoms with Gasteiger partial charge < -0.3 is 14.5 Å². The molecule has 2 aliphatic rings. The number of imidazole rings is 1. The number of nitrogens with zero attached hydrogens (tertiary/aromatic N) is 3. The molecule has 0 bridgehead atoms. The molecule has 5 heteroatoms. The summed E-state index contributed by atoms with van der Waals surface area (Å²) in [6.07, 6.45) is 3.55. The summed E-state index contributed by atoms with van der Waals surface area (Å²) in [5.41, 5.74) is 4.16. The monoisotopic (exact) mass is 403 g/mol. The lowest BCUT2D eigenvalue weighted by Gasteiger charge is -2.44. The van der Waals surface area contributed by atoms with Gasteiger partial charge >= 0.3 is 0 Å². The molecule has 0 amide bonds. The van der Waals surface area contributed by atoms with Gasteiger partial charge in [-0.1, -0.05) is 58.0 Å². The van der Waals surface area contributed by atoms with Crippen LogP contribution in [0.5, 0.6) is 0 Å². The number of Topliss-reactive ketones (excluding diaryl/α,β-unsaturated/α-hetero) is 1. The Hall–Kier alpha value is -2.71. The molecular weight excluding hydrogens is 374 g/mol. The van der Waals surface area contributed by atoms with E-state index < -0.39 is 5.41 Å². The highest BCUT2D eigenvalue weighted by atomic mass is 16.3. The second-order valence-electron chi connectivity index (χ2n) is 9.10. The number of aliphatic hydroxyl groups is 1. The van der Waals surface area contributed by atoms with E-state index in [4.69, 9.17) is 11.6 Å². The highest BCUT2D eigenvalue weighted by Gasteiger charge is 2.50. The van der Waals surface area contributed by atoms with E-state index in [1.807, 2.05) is 13.0 Å². The molecule has 156 valence electrons. The minimum Gasteiger partial charge on any atom is -0.395 e. The third-order valence-electron chi connectivity index (χ3n) is 7.03. The van der Waals surface area contributed by atoms with Crippen molar-refractivity contribution >= 4 is 5.78 Å². The second-order valence-corrected chi connectivity index (χ2v) is 9.10. The molecule has 0 fully saturated rings. The summed E-state index contributed by atoms with van der Waals surface area (Å²) in [7, 11) is 0. The number of hydrogen-bond acceptors (Lipinski definition) is 3. The Morgan fingerprint density at radius 2 is 2.03 bits per heavy atom. The average molecular weight is 404 g/mol. The second kappa shape index (κ2) is 7.52. The molecule has 30 heavy (non-hydrogen) atoms. The number of carbonyl (C=O) groups excluding carboxylic acids is 1. The SMILES string of the molecule is [C-]#[N+]C1=C[C@@]2(C)c3nc(-c4ccc(C(C)C)cc4)n(CCO)c3CC[C@@H]2[C@@H](C)C1=O. The van der Waals surface area contributed by atoms with E-state index >= 15 is 0 Å². The first-order chi connectivity index (χ1) is 14.3. The normalized spacial score (nSPS) is 25.5. The van der Waals surface area contributed by atoms with Crippen molar-refractivity contribution in [3.63, 3.8) is 0 Å². The highest BCUT2D eigenvalue weighted by Crippen LogP contribution is 2.50. The van der Waals surface area contributed by atoms with Gasteiger partial charge in [0.25, 0.3) is 0 Å². The van der Waals surface area contributed by atoms with Crippen molar-refractivity contribution in [3.8, 4) is 11.4 Å². The standard InChI is InChI=1S/C25H29N3O2/c1-15(2)17-6-8-18(9-7-17)24-27-23-21(28(24)12-13-29)11-10-19-16(3)22(30)20(26-5)14-25(19,23)4/h6-9,14-16,19,29H,10-13H2,1-4H3/t16-,19-,25-/m1/s1. The van der Waals surface area contributed by atoms with Crippen LogP contribution in [-0.2, 0) is 23.2 Å². The first-order valence-electron chi connectivity index (χ1n) is 10.8. The van der Waals surface area contributed by atoms with E-state index in [1.54, 1.807) is 0 Å². The third-order valence-corrected chi connectivity index (χ3v) is 7.03. The van der Waals surface area contributed by atoms with Crippen molar-refractivity contribution in [2.45, 2.75) is 58.4 Å². The molecule has 1 heterocycles. The molecule has 1 N–H and O–H groups in total. The third kappa shape index (κ3) is 3.02. The Labute approximate surface area is 178 Å². The molecule has 0 radical (unpaired) electrons. The number of aliphatic hydroxyl groups excluding tert-OH is 1. The van der Waals surface area contributed by atoms with Crippen LogP contribution in [-0.4, -0.2) is 27.0 Å². The van der Waals surface area contributed by atoms with E-state index in [1.165, 1.54) is 5.56 Å². The molecule has 1 aromatic carbocycles. The zero-order valence-electron chi connectivity index (χ0n) is 18.1. The maximum Gasteiger partial charge on any atom is 0.226 e. The predicted octanol–water partition coefficient (Wildman–Crippen LogP) is 4.51. The molecule has 1 aromatic heterocycles. The number of ketones is 1. The summed E-state index contributed by atoms with van der Waals surface area (Å²) < 4.78 is 2.13. The van der Waals surface area contributed by atoms with Crippen LogP contribution in [0.25, 0.3) is 16.2 Å². The minimum atomic E-state index is -0.450. The Morgan fingerprint density at radius 3 is 2.63 bits per heavy atom. The van der Waals surface area contributed by atoms with Gasteiger partial charge in [-0.15, -0.1) is 0 Å². The van der Waals surface area contributed by atoms with Gasteiger partial charge in [0.05, 0.1) is 18.9 Å². The fourth-order valence-corrected chi connectivity index (χ4v) is 5.32. The van der Waals surface area contributed by atoms with Crippen molar-refractivity contribution in [3.05, 3.63) is 64.4 Å². The molecule has 4 rings (SSSR count). The predicted molar refractivity (Wildman–Crippen MR) is 117 cm³/mol. The van der Waals surface area contributed by atoms with E-state index in [-0.39, 0.29) is 29.9 Å². The number of carbonyl (C=O) groups is 1. The molecule has 2 aliphatic carbocycles. The maximum absolute atomic E-state index is 12.6.